The van der Waals surface area contributed by atoms with Gasteiger partial charge in [0.15, 0.2) is 11.6 Å². The minimum atomic E-state index is -0.474. The second-order valence-corrected chi connectivity index (χ2v) is 4.95. The standard InChI is InChI=1S/C14H19FN2O3/c1-9(20-13-5-3-2-4-11(13)15)7-17-14(19)12-6-10(18)8-16-12/h2-5,9-10,12,16,18H,6-8H2,1H3,(H,17,19). The molecule has 5 nitrogen and oxygen atoms in total. The van der Waals surface area contributed by atoms with E-state index in [0.717, 1.165) is 0 Å². The molecule has 0 aromatic heterocycles. The van der Waals surface area contributed by atoms with Gasteiger partial charge in [-0.15, -0.1) is 0 Å². The van der Waals surface area contributed by atoms with Crippen molar-refractivity contribution in [2.45, 2.75) is 31.6 Å². The number of hydrogen-bond acceptors (Lipinski definition) is 4. The van der Waals surface area contributed by atoms with E-state index in [1.54, 1.807) is 25.1 Å². The third-order valence-corrected chi connectivity index (χ3v) is 3.15. The fourth-order valence-electron chi connectivity index (χ4n) is 2.08. The molecule has 1 saturated heterocycles. The van der Waals surface area contributed by atoms with Gasteiger partial charge in [0.1, 0.15) is 6.10 Å². The van der Waals surface area contributed by atoms with Gasteiger partial charge in [0.05, 0.1) is 18.7 Å². The van der Waals surface area contributed by atoms with Gasteiger partial charge in [-0.2, -0.15) is 0 Å². The van der Waals surface area contributed by atoms with E-state index in [9.17, 15) is 14.3 Å². The second kappa shape index (κ2) is 6.67. The molecular weight excluding hydrogens is 263 g/mol. The number of ether oxygens (including phenoxy) is 1. The van der Waals surface area contributed by atoms with E-state index in [4.69, 9.17) is 4.74 Å². The molecule has 1 aromatic rings. The van der Waals surface area contributed by atoms with Crippen LogP contribution in [0, 0.1) is 5.82 Å². The van der Waals surface area contributed by atoms with Crippen molar-refractivity contribution in [3.63, 3.8) is 0 Å². The van der Waals surface area contributed by atoms with Crippen LogP contribution in [-0.4, -0.2) is 42.4 Å². The molecule has 2 rings (SSSR count). The zero-order chi connectivity index (χ0) is 14.5. The molecule has 1 amide bonds. The largest absolute Gasteiger partial charge is 0.486 e. The number of nitrogens with one attached hydrogen (secondary N) is 2. The first-order valence-electron chi connectivity index (χ1n) is 6.66. The van der Waals surface area contributed by atoms with E-state index in [-0.39, 0.29) is 30.3 Å². The quantitative estimate of drug-likeness (QED) is 0.732. The van der Waals surface area contributed by atoms with Crippen molar-refractivity contribution in [1.29, 1.82) is 0 Å². The zero-order valence-electron chi connectivity index (χ0n) is 11.3. The smallest absolute Gasteiger partial charge is 0.237 e. The van der Waals surface area contributed by atoms with Crippen LogP contribution in [0.4, 0.5) is 4.39 Å². The molecule has 1 fully saturated rings. The van der Waals surface area contributed by atoms with Crippen molar-refractivity contribution in [2.24, 2.45) is 0 Å². The third-order valence-electron chi connectivity index (χ3n) is 3.15. The fourth-order valence-corrected chi connectivity index (χ4v) is 2.08. The molecule has 0 aliphatic carbocycles. The summed E-state index contributed by atoms with van der Waals surface area (Å²) in [5, 5.41) is 15.0. The fraction of sp³-hybridized carbons (Fsp3) is 0.500. The van der Waals surface area contributed by atoms with Gasteiger partial charge in [-0.1, -0.05) is 12.1 Å². The minimum absolute atomic E-state index is 0.170. The van der Waals surface area contributed by atoms with Crippen LogP contribution in [0.3, 0.4) is 0 Å². The second-order valence-electron chi connectivity index (χ2n) is 4.95. The molecule has 1 heterocycles. The van der Waals surface area contributed by atoms with Gasteiger partial charge in [0.25, 0.3) is 0 Å². The van der Waals surface area contributed by atoms with Gasteiger partial charge in [-0.3, -0.25) is 4.79 Å². The maximum atomic E-state index is 13.4. The van der Waals surface area contributed by atoms with Crippen molar-refractivity contribution < 1.29 is 19.0 Å². The monoisotopic (exact) mass is 282 g/mol. The van der Waals surface area contributed by atoms with Crippen molar-refractivity contribution in [3.05, 3.63) is 30.1 Å². The van der Waals surface area contributed by atoms with Crippen LogP contribution >= 0.6 is 0 Å². The highest BCUT2D eigenvalue weighted by Crippen LogP contribution is 2.16. The summed E-state index contributed by atoms with van der Waals surface area (Å²) in [5.41, 5.74) is 0. The van der Waals surface area contributed by atoms with Crippen LogP contribution in [-0.2, 0) is 4.79 Å². The first kappa shape index (κ1) is 14.7. The van der Waals surface area contributed by atoms with Gasteiger partial charge in [0, 0.05) is 6.54 Å². The summed E-state index contributed by atoms with van der Waals surface area (Å²) >= 11 is 0. The predicted octanol–water partition coefficient (Wildman–Crippen LogP) is 0.432. The summed E-state index contributed by atoms with van der Waals surface area (Å²) in [5.74, 6) is -0.430. The number of benzene rings is 1. The Morgan fingerprint density at radius 2 is 2.35 bits per heavy atom. The van der Waals surface area contributed by atoms with Crippen LogP contribution in [0.1, 0.15) is 13.3 Å². The number of carbonyl (C=O) groups excluding carboxylic acids is 1. The molecule has 0 radical (unpaired) electrons. The number of β-amino-alcohol motifs (C(OH)–C–C–N with tert-alkyl or cyclic N) is 1. The van der Waals surface area contributed by atoms with E-state index in [0.29, 0.717) is 13.0 Å². The highest BCUT2D eigenvalue weighted by Gasteiger charge is 2.27. The molecule has 3 atom stereocenters. The Kier molecular flexibility index (Phi) is 4.92. The number of rotatable bonds is 5. The molecule has 110 valence electrons. The highest BCUT2D eigenvalue weighted by molar-refractivity contribution is 5.82. The van der Waals surface area contributed by atoms with Gasteiger partial charge in [-0.25, -0.2) is 4.39 Å². The maximum absolute atomic E-state index is 13.4. The SMILES string of the molecule is CC(CNC(=O)C1CC(O)CN1)Oc1ccccc1F. The average molecular weight is 282 g/mol. The van der Waals surface area contributed by atoms with Crippen molar-refractivity contribution in [3.8, 4) is 5.75 Å². The molecular formula is C14H19FN2O3. The van der Waals surface area contributed by atoms with Crippen molar-refractivity contribution in [1.82, 2.24) is 10.6 Å². The van der Waals surface area contributed by atoms with Crippen LogP contribution in [0.15, 0.2) is 24.3 Å². The minimum Gasteiger partial charge on any atom is -0.486 e. The maximum Gasteiger partial charge on any atom is 0.237 e. The number of para-hydroxylation sites is 1. The summed E-state index contributed by atoms with van der Waals surface area (Å²) in [6.07, 6.45) is -0.408. The Balaban J connectivity index is 1.76. The summed E-state index contributed by atoms with van der Waals surface area (Å²) in [4.78, 5) is 11.8. The number of carbonyl (C=O) groups is 1. The topological polar surface area (TPSA) is 70.6 Å². The molecule has 0 spiro atoms. The Hall–Kier alpha value is -1.66. The van der Waals surface area contributed by atoms with Crippen LogP contribution in [0.5, 0.6) is 5.75 Å². The first-order chi connectivity index (χ1) is 9.56. The normalized spacial score (nSPS) is 23.4. The van der Waals surface area contributed by atoms with Crippen LogP contribution < -0.4 is 15.4 Å². The number of amides is 1. The molecule has 20 heavy (non-hydrogen) atoms. The Labute approximate surface area is 117 Å². The number of aliphatic hydroxyl groups is 1. The average Bonchev–Trinajstić information content (AvgIpc) is 2.85. The Morgan fingerprint density at radius 1 is 1.60 bits per heavy atom. The first-order valence-corrected chi connectivity index (χ1v) is 6.66. The molecule has 3 unspecified atom stereocenters. The van der Waals surface area contributed by atoms with E-state index in [1.165, 1.54) is 6.07 Å². The molecule has 1 aliphatic rings. The van der Waals surface area contributed by atoms with E-state index in [2.05, 4.69) is 10.6 Å². The number of aliphatic hydroxyl groups excluding tert-OH is 1. The van der Waals surface area contributed by atoms with Crippen molar-refractivity contribution in [2.75, 3.05) is 13.1 Å². The molecule has 0 saturated carbocycles. The molecule has 3 N–H and O–H groups in total. The van der Waals surface area contributed by atoms with E-state index < -0.39 is 11.9 Å². The molecule has 0 bridgehead atoms. The summed E-state index contributed by atoms with van der Waals surface area (Å²) in [7, 11) is 0. The number of halogens is 1. The number of hydrogen-bond donors (Lipinski definition) is 3. The molecule has 1 aromatic carbocycles. The lowest BCUT2D eigenvalue weighted by Crippen LogP contribution is -2.43. The van der Waals surface area contributed by atoms with Gasteiger partial charge >= 0.3 is 0 Å². The zero-order valence-corrected chi connectivity index (χ0v) is 11.3. The van der Waals surface area contributed by atoms with Crippen molar-refractivity contribution >= 4 is 5.91 Å². The Bertz CT molecular complexity index is 469. The van der Waals surface area contributed by atoms with E-state index >= 15 is 0 Å². The lowest BCUT2D eigenvalue weighted by Gasteiger charge is -2.17. The lowest BCUT2D eigenvalue weighted by atomic mass is 10.2. The molecule has 1 aliphatic heterocycles. The summed E-state index contributed by atoms with van der Waals surface area (Å²) in [6.45, 7) is 2.46. The van der Waals surface area contributed by atoms with Gasteiger partial charge in [-0.05, 0) is 25.5 Å². The summed E-state index contributed by atoms with van der Waals surface area (Å²) in [6, 6.07) is 5.78. The van der Waals surface area contributed by atoms with Gasteiger partial charge in [0.2, 0.25) is 5.91 Å². The predicted molar refractivity (Wildman–Crippen MR) is 71.9 cm³/mol. The van der Waals surface area contributed by atoms with Gasteiger partial charge < -0.3 is 20.5 Å². The lowest BCUT2D eigenvalue weighted by molar-refractivity contribution is -0.123. The van der Waals surface area contributed by atoms with E-state index in [1.807, 2.05) is 0 Å². The summed E-state index contributed by atoms with van der Waals surface area (Å²) < 4.78 is 18.8. The highest BCUT2D eigenvalue weighted by atomic mass is 19.1. The van der Waals surface area contributed by atoms with Crippen LogP contribution in [0.2, 0.25) is 0 Å². The van der Waals surface area contributed by atoms with Crippen LogP contribution in [0.25, 0.3) is 0 Å². The molecule has 6 heteroatoms. The third kappa shape index (κ3) is 3.91. The Morgan fingerprint density at radius 3 is 3.00 bits per heavy atom.